The summed E-state index contributed by atoms with van der Waals surface area (Å²) in [5, 5.41) is 21.7. The quantitative estimate of drug-likeness (QED) is 0.0170. The van der Waals surface area contributed by atoms with E-state index >= 15 is 0 Å². The average molecular weight is 1210 g/mol. The largest absolute Gasteiger partial charge is 0.450 e. The van der Waals surface area contributed by atoms with Crippen molar-refractivity contribution in [2.24, 2.45) is 16.1 Å². The summed E-state index contributed by atoms with van der Waals surface area (Å²) in [5.74, 6) is -3.64. The Kier molecular flexibility index (Phi) is 18.8. The molecule has 0 radical (unpaired) electrons. The highest BCUT2D eigenvalue weighted by Gasteiger charge is 2.57. The number of hydrogen-bond donors (Lipinski definition) is 4. The SMILES string of the molecule is CC(C)(C)OC(=O)N=C(N1CC(CNC(=O)OC(C)(C)C)C1)N(Cc1cnn(C[C@@H]2[C@H](NC(=O)/C(=N/OC3(C(=O)OC(c4ccccc4)c4ccccc4)CC3)c3csc(NC(=O)OC(C)(C)C)n3)C(=O)N2S(=O)(=O)O)n1)C(=O)OC(C)(C)C. The van der Waals surface area contributed by atoms with Crippen LogP contribution in [0.15, 0.2) is 82.4 Å². The number of rotatable bonds is 17. The second-order valence-corrected chi connectivity index (χ2v) is 26.1. The van der Waals surface area contributed by atoms with Gasteiger partial charge >= 0.3 is 40.6 Å². The Balaban J connectivity index is 1.14. The molecule has 2 atom stereocenters. The summed E-state index contributed by atoms with van der Waals surface area (Å²) in [5.41, 5.74) is -4.87. The van der Waals surface area contributed by atoms with Crippen LogP contribution in [0, 0.1) is 5.92 Å². The normalized spacial score (nSPS) is 17.5. The number of carbonyl (C=O) groups excluding carboxylic acids is 7. The van der Waals surface area contributed by atoms with Gasteiger partial charge in [-0.25, -0.2) is 38.2 Å². The molecule has 1 saturated carbocycles. The van der Waals surface area contributed by atoms with E-state index in [4.69, 9.17) is 28.5 Å². The Labute approximate surface area is 489 Å². The van der Waals surface area contributed by atoms with Crippen LogP contribution < -0.4 is 16.0 Å². The predicted octanol–water partition coefficient (Wildman–Crippen LogP) is 6.35. The standard InChI is InChI=1S/C54H70N12O16S2/c1-50(2,3)78-46(70)55-25-32-27-63(28-32)45(60-48(72)80-52(7,8)9)64(49(73)81-53(10,11)12)29-35-26-56-65(61-35)30-37-39(42(68)66(37)84(74,75)76)58-41(67)38(36-31-83-44(57-36)59-47(71)79-51(4,5)6)62-82-54(23-24-54)43(69)77-40(33-19-15-13-16-20-33)34-21-17-14-18-22-34/h13-22,26,31-32,37,39-40H,23-25,27-30H2,1-12H3,(H,55,70)(H,58,67)(H,57,59,71)(H,74,75,76)/b60-45?,62-38+/t37-,39+/m1/s1. The van der Waals surface area contributed by atoms with E-state index in [0.29, 0.717) is 11.1 Å². The Bertz CT molecular complexity index is 3220. The monoisotopic (exact) mass is 1210 g/mol. The van der Waals surface area contributed by atoms with Crippen LogP contribution in [-0.2, 0) is 66.3 Å². The maximum atomic E-state index is 14.5. The molecule has 454 valence electrons. The summed E-state index contributed by atoms with van der Waals surface area (Å²) in [6.07, 6.45) is -2.94. The lowest BCUT2D eigenvalue weighted by Crippen LogP contribution is -2.73. The molecule has 2 aromatic carbocycles. The van der Waals surface area contributed by atoms with E-state index in [2.05, 4.69) is 41.3 Å². The van der Waals surface area contributed by atoms with E-state index in [-0.39, 0.29) is 65.2 Å². The molecular weight excluding hydrogens is 1140 g/mol. The number of thiazole rings is 1. The van der Waals surface area contributed by atoms with E-state index in [0.717, 1.165) is 21.0 Å². The Morgan fingerprint density at radius 3 is 1.94 bits per heavy atom. The maximum Gasteiger partial charge on any atom is 0.437 e. The van der Waals surface area contributed by atoms with Gasteiger partial charge in [0.05, 0.1) is 19.3 Å². The molecule has 2 aromatic heterocycles. The highest BCUT2D eigenvalue weighted by molar-refractivity contribution is 7.84. The number of esters is 1. The molecule has 2 aliphatic heterocycles. The number of alkyl carbamates (subject to hydrolysis) is 1. The number of hydrogen-bond acceptors (Lipinski definition) is 20. The predicted molar refractivity (Wildman–Crippen MR) is 301 cm³/mol. The number of carbonyl (C=O) groups is 7. The van der Waals surface area contributed by atoms with Gasteiger partial charge in [0.1, 0.15) is 45.9 Å². The lowest BCUT2D eigenvalue weighted by atomic mass is 9.98. The number of anilines is 1. The van der Waals surface area contributed by atoms with Gasteiger partial charge in [0.15, 0.2) is 16.9 Å². The van der Waals surface area contributed by atoms with Crippen molar-refractivity contribution in [3.8, 4) is 0 Å². The van der Waals surface area contributed by atoms with Crippen molar-refractivity contribution in [2.45, 2.75) is 155 Å². The fourth-order valence-electron chi connectivity index (χ4n) is 8.19. The van der Waals surface area contributed by atoms with E-state index < -0.39 is 117 Å². The lowest BCUT2D eigenvalue weighted by Gasteiger charge is -2.43. The van der Waals surface area contributed by atoms with Crippen LogP contribution in [0.3, 0.4) is 0 Å². The molecule has 84 heavy (non-hydrogen) atoms. The van der Waals surface area contributed by atoms with Crippen molar-refractivity contribution in [3.05, 3.63) is 94.8 Å². The summed E-state index contributed by atoms with van der Waals surface area (Å²) < 4.78 is 64.0. The van der Waals surface area contributed by atoms with Gasteiger partial charge in [-0.15, -0.1) is 16.3 Å². The number of amides is 6. The Hall–Kier alpha value is -8.25. The van der Waals surface area contributed by atoms with Crippen molar-refractivity contribution >= 4 is 80.6 Å². The third kappa shape index (κ3) is 17.4. The molecule has 30 heteroatoms. The van der Waals surface area contributed by atoms with Crippen LogP contribution in [-0.4, -0.2) is 161 Å². The molecule has 3 fully saturated rings. The van der Waals surface area contributed by atoms with Crippen molar-refractivity contribution in [1.29, 1.82) is 0 Å². The maximum absolute atomic E-state index is 14.5. The van der Waals surface area contributed by atoms with Crippen LogP contribution >= 0.6 is 11.3 Å². The fraction of sp³-hybridized carbons (Fsp3) is 0.519. The summed E-state index contributed by atoms with van der Waals surface area (Å²) in [7, 11) is -5.30. The van der Waals surface area contributed by atoms with Crippen molar-refractivity contribution in [1.82, 2.24) is 44.7 Å². The molecule has 4 N–H and O–H groups in total. The minimum Gasteiger partial charge on any atom is -0.450 e. The number of aromatic nitrogens is 4. The van der Waals surface area contributed by atoms with Gasteiger partial charge in [0, 0.05) is 43.8 Å². The highest BCUT2D eigenvalue weighted by atomic mass is 32.2. The first-order chi connectivity index (χ1) is 39.0. The Morgan fingerprint density at radius 1 is 0.821 bits per heavy atom. The number of guanidine groups is 1. The van der Waals surface area contributed by atoms with E-state index in [1.54, 1.807) is 137 Å². The van der Waals surface area contributed by atoms with Gasteiger partial charge in [0.25, 0.3) is 11.8 Å². The van der Waals surface area contributed by atoms with Crippen molar-refractivity contribution in [3.63, 3.8) is 0 Å². The highest BCUT2D eigenvalue weighted by Crippen LogP contribution is 2.43. The van der Waals surface area contributed by atoms with E-state index in [1.807, 2.05) is 12.1 Å². The lowest BCUT2D eigenvalue weighted by molar-refractivity contribution is -0.164. The van der Waals surface area contributed by atoms with E-state index in [9.17, 15) is 46.5 Å². The first-order valence-electron chi connectivity index (χ1n) is 26.6. The minimum atomic E-state index is -5.30. The van der Waals surface area contributed by atoms with Crippen LogP contribution in [0.25, 0.3) is 0 Å². The average Bonchev–Trinajstić information content (AvgIpc) is 1.29. The number of aliphatic imine (C=N–C) groups is 1. The van der Waals surface area contributed by atoms with Gasteiger partial charge < -0.3 is 44.1 Å². The smallest absolute Gasteiger partial charge is 0.437 e. The zero-order valence-corrected chi connectivity index (χ0v) is 50.2. The third-order valence-corrected chi connectivity index (χ3v) is 13.7. The third-order valence-electron chi connectivity index (χ3n) is 12.0. The first kappa shape index (κ1) is 63.3. The number of β-lactam (4-membered cyclic amide) rings is 1. The first-order valence-corrected chi connectivity index (χ1v) is 28.9. The van der Waals surface area contributed by atoms with Crippen LogP contribution in [0.4, 0.5) is 24.3 Å². The second kappa shape index (κ2) is 24.9. The zero-order valence-electron chi connectivity index (χ0n) is 48.6. The summed E-state index contributed by atoms with van der Waals surface area (Å²) in [4.78, 5) is 113. The number of nitrogens with one attached hydrogen (secondary N) is 3. The van der Waals surface area contributed by atoms with Crippen molar-refractivity contribution in [2.75, 3.05) is 25.0 Å². The minimum absolute atomic E-state index is 0.0170. The van der Waals surface area contributed by atoms with Crippen LogP contribution in [0.5, 0.6) is 0 Å². The summed E-state index contributed by atoms with van der Waals surface area (Å²) >= 11 is 0.859. The molecule has 6 amide bonds. The van der Waals surface area contributed by atoms with Gasteiger partial charge in [-0.1, -0.05) is 65.8 Å². The number of ether oxygens (including phenoxy) is 5. The number of nitrogens with zero attached hydrogens (tertiary/aromatic N) is 9. The summed E-state index contributed by atoms with van der Waals surface area (Å²) in [6, 6.07) is 14.6. The molecule has 1 aliphatic carbocycles. The van der Waals surface area contributed by atoms with Gasteiger partial charge in [-0.2, -0.15) is 23.4 Å². The van der Waals surface area contributed by atoms with E-state index in [1.165, 1.54) is 11.6 Å². The van der Waals surface area contributed by atoms with Crippen molar-refractivity contribution < 1.29 is 75.1 Å². The molecule has 0 bridgehead atoms. The molecular formula is C54H70N12O16S2. The van der Waals surface area contributed by atoms with Gasteiger partial charge in [-0.3, -0.25) is 19.5 Å². The molecule has 28 nitrogen and oxygen atoms in total. The number of oxime groups is 1. The fourth-order valence-corrected chi connectivity index (χ4v) is 9.75. The molecule has 4 aromatic rings. The number of benzene rings is 2. The topological polar surface area (TPSA) is 343 Å². The number of likely N-dealkylation sites (tertiary alicyclic amines) is 1. The zero-order chi connectivity index (χ0) is 61.7. The Morgan fingerprint density at radius 2 is 1.39 bits per heavy atom. The molecule has 0 unspecified atom stereocenters. The molecule has 3 aliphatic rings. The van der Waals surface area contributed by atoms with Crippen LogP contribution in [0.1, 0.15) is 125 Å². The molecule has 7 rings (SSSR count). The molecule has 0 spiro atoms. The molecule has 4 heterocycles. The second-order valence-electron chi connectivity index (χ2n) is 23.9. The van der Waals surface area contributed by atoms with Gasteiger partial charge in [-0.05, 0) is 94.2 Å². The van der Waals surface area contributed by atoms with Crippen LogP contribution in [0.2, 0.25) is 0 Å². The molecule has 2 saturated heterocycles. The van der Waals surface area contributed by atoms with Gasteiger partial charge in [0.2, 0.25) is 11.6 Å². The summed E-state index contributed by atoms with van der Waals surface area (Å²) in [6.45, 7) is 19.4.